The lowest BCUT2D eigenvalue weighted by atomic mass is 10.2. The monoisotopic (exact) mass is 252 g/mol. The maximum absolute atomic E-state index is 6.12. The van der Waals surface area contributed by atoms with Crippen molar-refractivity contribution in [2.45, 2.75) is 58.2 Å². The molecule has 5 heteroatoms. The number of aryl methyl sites for hydroxylation is 1. The number of hydrogen-bond acceptors (Lipinski definition) is 4. The molecule has 1 aromatic heterocycles. The minimum Gasteiger partial charge on any atom is -0.394 e. The van der Waals surface area contributed by atoms with E-state index in [0.717, 1.165) is 30.0 Å². The maximum Gasteiger partial charge on any atom is 0.148 e. The first-order chi connectivity index (χ1) is 8.54. The van der Waals surface area contributed by atoms with Crippen LogP contribution in [-0.4, -0.2) is 29.0 Å². The number of aromatic nitrogens is 2. The van der Waals surface area contributed by atoms with Gasteiger partial charge >= 0.3 is 0 Å². The Kier molecular flexibility index (Phi) is 3.80. The highest BCUT2D eigenvalue weighted by atomic mass is 16.5. The van der Waals surface area contributed by atoms with Crippen LogP contribution in [0, 0.1) is 6.92 Å². The summed E-state index contributed by atoms with van der Waals surface area (Å²) in [5, 5.41) is 8.02. The average Bonchev–Trinajstić information content (AvgIpc) is 2.88. The van der Waals surface area contributed by atoms with Crippen LogP contribution in [0.1, 0.15) is 44.8 Å². The molecule has 1 aliphatic rings. The second-order valence-electron chi connectivity index (χ2n) is 5.34. The van der Waals surface area contributed by atoms with Crippen LogP contribution in [0.2, 0.25) is 0 Å². The number of ether oxygens (including phenoxy) is 1. The molecule has 2 atom stereocenters. The number of methoxy groups -OCH3 is 1. The van der Waals surface area contributed by atoms with E-state index in [9.17, 15) is 0 Å². The van der Waals surface area contributed by atoms with Gasteiger partial charge in [-0.15, -0.1) is 0 Å². The van der Waals surface area contributed by atoms with Crippen LogP contribution in [0.25, 0.3) is 0 Å². The number of hydrogen-bond donors (Lipinski definition) is 2. The van der Waals surface area contributed by atoms with Crippen molar-refractivity contribution >= 4 is 11.5 Å². The van der Waals surface area contributed by atoms with Gasteiger partial charge in [-0.25, -0.2) is 4.68 Å². The fourth-order valence-electron chi connectivity index (χ4n) is 2.63. The second kappa shape index (κ2) is 5.18. The van der Waals surface area contributed by atoms with Crippen LogP contribution < -0.4 is 11.1 Å². The Labute approximate surface area is 109 Å². The Bertz CT molecular complexity index is 413. The van der Waals surface area contributed by atoms with E-state index in [-0.39, 0.29) is 6.10 Å². The highest BCUT2D eigenvalue weighted by Gasteiger charge is 2.29. The predicted molar refractivity (Wildman–Crippen MR) is 73.8 cm³/mol. The van der Waals surface area contributed by atoms with E-state index in [0.29, 0.717) is 12.1 Å². The quantitative estimate of drug-likeness (QED) is 0.863. The Morgan fingerprint density at radius 2 is 2.17 bits per heavy atom. The van der Waals surface area contributed by atoms with Gasteiger partial charge in [-0.1, -0.05) is 0 Å². The molecule has 1 aromatic rings. The van der Waals surface area contributed by atoms with Crippen molar-refractivity contribution in [1.82, 2.24) is 9.78 Å². The molecular weight excluding hydrogens is 228 g/mol. The summed E-state index contributed by atoms with van der Waals surface area (Å²) in [6.45, 7) is 6.17. The Morgan fingerprint density at radius 3 is 2.78 bits per heavy atom. The molecule has 3 N–H and O–H groups in total. The summed E-state index contributed by atoms with van der Waals surface area (Å²) in [6, 6.07) is 0.636. The molecule has 1 saturated carbocycles. The van der Waals surface area contributed by atoms with Crippen LogP contribution >= 0.6 is 0 Å². The first-order valence-corrected chi connectivity index (χ1v) is 6.68. The first-order valence-electron chi connectivity index (χ1n) is 6.68. The Balaban J connectivity index is 2.22. The summed E-state index contributed by atoms with van der Waals surface area (Å²) in [5.74, 6) is 0.941. The van der Waals surface area contributed by atoms with E-state index in [1.165, 1.54) is 6.42 Å². The van der Waals surface area contributed by atoms with Crippen LogP contribution in [0.4, 0.5) is 11.5 Å². The smallest absolute Gasteiger partial charge is 0.148 e. The predicted octanol–water partition coefficient (Wildman–Crippen LogP) is 2.33. The van der Waals surface area contributed by atoms with Crippen LogP contribution in [-0.2, 0) is 4.74 Å². The highest BCUT2D eigenvalue weighted by Crippen LogP contribution is 2.30. The van der Waals surface area contributed by atoms with E-state index in [1.807, 2.05) is 11.6 Å². The summed E-state index contributed by atoms with van der Waals surface area (Å²) in [7, 11) is 1.78. The van der Waals surface area contributed by atoms with Gasteiger partial charge in [-0.3, -0.25) is 0 Å². The minimum absolute atomic E-state index is 0.278. The molecule has 0 radical (unpaired) electrons. The molecule has 18 heavy (non-hydrogen) atoms. The number of nitrogens with zero attached hydrogens (tertiary/aromatic N) is 2. The number of nitrogens with two attached hydrogens (primary N) is 1. The molecule has 102 valence electrons. The summed E-state index contributed by atoms with van der Waals surface area (Å²) in [6.07, 6.45) is 3.72. The molecule has 0 amide bonds. The van der Waals surface area contributed by atoms with Gasteiger partial charge in [0.1, 0.15) is 5.82 Å². The molecular formula is C13H24N4O. The zero-order valence-electron chi connectivity index (χ0n) is 11.7. The summed E-state index contributed by atoms with van der Waals surface area (Å²) in [5.41, 5.74) is 7.76. The summed E-state index contributed by atoms with van der Waals surface area (Å²) in [4.78, 5) is 0. The van der Waals surface area contributed by atoms with E-state index in [1.54, 1.807) is 7.11 Å². The van der Waals surface area contributed by atoms with Crippen molar-refractivity contribution in [3.63, 3.8) is 0 Å². The van der Waals surface area contributed by atoms with Crippen LogP contribution in [0.15, 0.2) is 0 Å². The third kappa shape index (κ3) is 2.32. The largest absolute Gasteiger partial charge is 0.394 e. The van der Waals surface area contributed by atoms with Crippen molar-refractivity contribution in [2.75, 3.05) is 18.2 Å². The molecule has 0 spiro atoms. The zero-order valence-corrected chi connectivity index (χ0v) is 11.7. The molecule has 0 bridgehead atoms. The fraction of sp³-hybridized carbons (Fsp3) is 0.769. The number of nitrogen functional groups attached to an aromatic ring is 1. The molecule has 0 aromatic carbocycles. The summed E-state index contributed by atoms with van der Waals surface area (Å²) < 4.78 is 7.48. The lowest BCUT2D eigenvalue weighted by Crippen LogP contribution is -2.31. The van der Waals surface area contributed by atoms with Gasteiger partial charge in [0.15, 0.2) is 0 Å². The topological polar surface area (TPSA) is 65.1 Å². The lowest BCUT2D eigenvalue weighted by molar-refractivity contribution is 0.101. The van der Waals surface area contributed by atoms with Gasteiger partial charge < -0.3 is 15.8 Å². The van der Waals surface area contributed by atoms with E-state index in [4.69, 9.17) is 10.5 Å². The van der Waals surface area contributed by atoms with Crippen LogP contribution in [0.3, 0.4) is 0 Å². The van der Waals surface area contributed by atoms with Crippen molar-refractivity contribution < 1.29 is 4.74 Å². The lowest BCUT2D eigenvalue weighted by Gasteiger charge is -2.22. The minimum atomic E-state index is 0.278. The van der Waals surface area contributed by atoms with E-state index in [2.05, 4.69) is 24.3 Å². The van der Waals surface area contributed by atoms with Gasteiger partial charge in [0, 0.05) is 13.2 Å². The van der Waals surface area contributed by atoms with Crippen molar-refractivity contribution in [3.8, 4) is 0 Å². The van der Waals surface area contributed by atoms with Crippen molar-refractivity contribution in [3.05, 3.63) is 5.69 Å². The average molecular weight is 252 g/mol. The Hall–Kier alpha value is -1.23. The number of nitrogens with one attached hydrogen (secondary N) is 1. The van der Waals surface area contributed by atoms with Gasteiger partial charge in [0.05, 0.1) is 23.5 Å². The van der Waals surface area contributed by atoms with Crippen molar-refractivity contribution in [2.24, 2.45) is 0 Å². The fourth-order valence-corrected chi connectivity index (χ4v) is 2.63. The normalized spacial score (nSPS) is 23.8. The first kappa shape index (κ1) is 13.2. The Morgan fingerprint density at radius 1 is 1.44 bits per heavy atom. The molecule has 1 aliphatic carbocycles. The van der Waals surface area contributed by atoms with Crippen LogP contribution in [0.5, 0.6) is 0 Å². The maximum atomic E-state index is 6.12. The third-order valence-electron chi connectivity index (χ3n) is 3.70. The SMILES string of the molecule is COC1CCCC1Nc1c(N)c(C)nn1C(C)C. The standard InChI is InChI=1S/C13H24N4O/c1-8(2)17-13(12(14)9(3)16-17)15-10-6-5-7-11(10)18-4/h8,10-11,15H,5-7,14H2,1-4H3. The van der Waals surface area contributed by atoms with Gasteiger partial charge in [-0.05, 0) is 40.0 Å². The molecule has 5 nitrogen and oxygen atoms in total. The van der Waals surface area contributed by atoms with E-state index >= 15 is 0 Å². The zero-order chi connectivity index (χ0) is 13.3. The molecule has 2 rings (SSSR count). The number of anilines is 2. The highest BCUT2D eigenvalue weighted by molar-refractivity contribution is 5.65. The second-order valence-corrected chi connectivity index (χ2v) is 5.34. The molecule has 1 fully saturated rings. The van der Waals surface area contributed by atoms with Gasteiger partial charge in [-0.2, -0.15) is 5.10 Å². The number of rotatable bonds is 4. The third-order valence-corrected chi connectivity index (χ3v) is 3.70. The van der Waals surface area contributed by atoms with Gasteiger partial charge in [0.2, 0.25) is 0 Å². The molecule has 2 unspecified atom stereocenters. The van der Waals surface area contributed by atoms with Gasteiger partial charge in [0.25, 0.3) is 0 Å². The van der Waals surface area contributed by atoms with Crippen molar-refractivity contribution in [1.29, 1.82) is 0 Å². The molecule has 0 aliphatic heterocycles. The van der Waals surface area contributed by atoms with E-state index < -0.39 is 0 Å². The molecule has 0 saturated heterocycles. The molecule has 1 heterocycles. The summed E-state index contributed by atoms with van der Waals surface area (Å²) >= 11 is 0.